The predicted octanol–water partition coefficient (Wildman–Crippen LogP) is 3.09. The molecule has 1 fully saturated rings. The van der Waals surface area contributed by atoms with Crippen molar-refractivity contribution in [1.29, 1.82) is 0 Å². The largest absolute Gasteiger partial charge is 0.312 e. The Morgan fingerprint density at radius 3 is 2.76 bits per heavy atom. The van der Waals surface area contributed by atoms with Gasteiger partial charge in [0.15, 0.2) is 0 Å². The molecule has 96 valence electrons. The maximum absolute atomic E-state index is 3.38. The SMILES string of the molecule is CCNCc1ccc(CN(C)C(C)C2CC2)s1. The van der Waals surface area contributed by atoms with E-state index in [0.29, 0.717) is 0 Å². The van der Waals surface area contributed by atoms with Gasteiger partial charge in [0.1, 0.15) is 0 Å². The van der Waals surface area contributed by atoms with Gasteiger partial charge in [-0.3, -0.25) is 4.90 Å². The van der Waals surface area contributed by atoms with Gasteiger partial charge in [0, 0.05) is 28.9 Å². The summed E-state index contributed by atoms with van der Waals surface area (Å²) in [6, 6.07) is 5.29. The Labute approximate surface area is 109 Å². The standard InChI is InChI=1S/C14H24N2S/c1-4-15-9-13-7-8-14(17-13)10-16(3)11(2)12-5-6-12/h7-8,11-12,15H,4-6,9-10H2,1-3H3. The summed E-state index contributed by atoms with van der Waals surface area (Å²) in [4.78, 5) is 5.45. The summed E-state index contributed by atoms with van der Waals surface area (Å²) in [7, 11) is 2.26. The highest BCUT2D eigenvalue weighted by Gasteiger charge is 2.30. The van der Waals surface area contributed by atoms with Crippen LogP contribution in [0.1, 0.15) is 36.4 Å². The normalized spacial score (nSPS) is 17.6. The van der Waals surface area contributed by atoms with E-state index in [4.69, 9.17) is 0 Å². The van der Waals surface area contributed by atoms with Gasteiger partial charge in [-0.1, -0.05) is 6.92 Å². The van der Waals surface area contributed by atoms with Crippen LogP contribution in [-0.2, 0) is 13.1 Å². The van der Waals surface area contributed by atoms with Crippen molar-refractivity contribution < 1.29 is 0 Å². The van der Waals surface area contributed by atoms with E-state index >= 15 is 0 Å². The zero-order valence-corrected chi connectivity index (χ0v) is 12.0. The smallest absolute Gasteiger partial charge is 0.0327 e. The van der Waals surface area contributed by atoms with E-state index < -0.39 is 0 Å². The van der Waals surface area contributed by atoms with E-state index in [1.807, 2.05) is 11.3 Å². The summed E-state index contributed by atoms with van der Waals surface area (Å²) < 4.78 is 0. The van der Waals surface area contributed by atoms with Crippen molar-refractivity contribution in [1.82, 2.24) is 10.2 Å². The van der Waals surface area contributed by atoms with Gasteiger partial charge in [0.05, 0.1) is 0 Å². The van der Waals surface area contributed by atoms with Gasteiger partial charge in [-0.15, -0.1) is 11.3 Å². The van der Waals surface area contributed by atoms with Crippen LogP contribution in [0.3, 0.4) is 0 Å². The Morgan fingerprint density at radius 1 is 1.41 bits per heavy atom. The van der Waals surface area contributed by atoms with Crippen LogP contribution >= 0.6 is 11.3 Å². The predicted molar refractivity (Wildman–Crippen MR) is 75.4 cm³/mol. The van der Waals surface area contributed by atoms with Crippen LogP contribution in [0.15, 0.2) is 12.1 Å². The molecule has 1 aliphatic carbocycles. The van der Waals surface area contributed by atoms with Crippen LogP contribution in [0.2, 0.25) is 0 Å². The van der Waals surface area contributed by atoms with Crippen molar-refractivity contribution in [3.8, 4) is 0 Å². The molecule has 0 aliphatic heterocycles. The molecular formula is C14H24N2S. The number of hydrogen-bond acceptors (Lipinski definition) is 3. The van der Waals surface area contributed by atoms with Gasteiger partial charge < -0.3 is 5.32 Å². The van der Waals surface area contributed by atoms with Crippen molar-refractivity contribution in [3.05, 3.63) is 21.9 Å². The van der Waals surface area contributed by atoms with Gasteiger partial charge in [-0.05, 0) is 51.4 Å². The number of rotatable bonds is 7. The van der Waals surface area contributed by atoms with Crippen LogP contribution in [0.25, 0.3) is 0 Å². The van der Waals surface area contributed by atoms with Crippen LogP contribution < -0.4 is 5.32 Å². The summed E-state index contributed by atoms with van der Waals surface area (Å²) in [6.45, 7) is 7.69. The minimum atomic E-state index is 0.745. The number of hydrogen-bond donors (Lipinski definition) is 1. The van der Waals surface area contributed by atoms with E-state index in [2.05, 4.69) is 43.2 Å². The second-order valence-corrected chi connectivity index (χ2v) is 6.39. The fraction of sp³-hybridized carbons (Fsp3) is 0.714. The van der Waals surface area contributed by atoms with Crippen molar-refractivity contribution in [2.24, 2.45) is 5.92 Å². The molecule has 0 amide bonds. The molecule has 17 heavy (non-hydrogen) atoms. The van der Waals surface area contributed by atoms with E-state index in [9.17, 15) is 0 Å². The van der Waals surface area contributed by atoms with Crippen molar-refractivity contribution in [2.45, 2.75) is 45.8 Å². The van der Waals surface area contributed by atoms with Gasteiger partial charge >= 0.3 is 0 Å². The van der Waals surface area contributed by atoms with Crippen molar-refractivity contribution >= 4 is 11.3 Å². The third-order valence-electron chi connectivity index (χ3n) is 3.67. The zero-order valence-electron chi connectivity index (χ0n) is 11.2. The Kier molecular flexibility index (Phi) is 4.60. The van der Waals surface area contributed by atoms with Crippen molar-refractivity contribution in [2.75, 3.05) is 13.6 Å². The Morgan fingerprint density at radius 2 is 2.12 bits per heavy atom. The number of thiophene rings is 1. The minimum Gasteiger partial charge on any atom is -0.312 e. The molecule has 1 aliphatic rings. The Bertz CT molecular complexity index is 344. The van der Waals surface area contributed by atoms with E-state index in [-0.39, 0.29) is 0 Å². The molecule has 0 aromatic carbocycles. The molecule has 1 N–H and O–H groups in total. The zero-order chi connectivity index (χ0) is 12.3. The quantitative estimate of drug-likeness (QED) is 0.802. The first kappa shape index (κ1) is 13.1. The first-order valence-corrected chi connectivity index (χ1v) is 7.51. The molecule has 1 saturated carbocycles. The molecule has 0 bridgehead atoms. The van der Waals surface area contributed by atoms with Crippen LogP contribution in [0.5, 0.6) is 0 Å². The lowest BCUT2D eigenvalue weighted by atomic mass is 10.2. The summed E-state index contributed by atoms with van der Waals surface area (Å²) in [5.74, 6) is 0.959. The van der Waals surface area contributed by atoms with E-state index in [1.54, 1.807) is 0 Å². The molecule has 2 nitrogen and oxygen atoms in total. The van der Waals surface area contributed by atoms with Gasteiger partial charge in [-0.25, -0.2) is 0 Å². The minimum absolute atomic E-state index is 0.745. The highest BCUT2D eigenvalue weighted by molar-refractivity contribution is 7.11. The van der Waals surface area contributed by atoms with Crippen LogP contribution in [-0.4, -0.2) is 24.5 Å². The summed E-state index contributed by atoms with van der Waals surface area (Å²) in [5, 5.41) is 3.38. The van der Waals surface area contributed by atoms with E-state index in [0.717, 1.165) is 31.6 Å². The number of nitrogens with zero attached hydrogens (tertiary/aromatic N) is 1. The third-order valence-corrected chi connectivity index (χ3v) is 4.74. The molecule has 0 saturated heterocycles. The highest BCUT2D eigenvalue weighted by atomic mass is 32.1. The van der Waals surface area contributed by atoms with Gasteiger partial charge in [0.2, 0.25) is 0 Å². The molecule has 2 rings (SSSR count). The van der Waals surface area contributed by atoms with E-state index in [1.165, 1.54) is 22.6 Å². The molecular weight excluding hydrogens is 228 g/mol. The lowest BCUT2D eigenvalue weighted by molar-refractivity contribution is 0.228. The molecule has 1 aromatic heterocycles. The first-order chi connectivity index (χ1) is 8.20. The summed E-state index contributed by atoms with van der Waals surface area (Å²) >= 11 is 1.95. The fourth-order valence-electron chi connectivity index (χ4n) is 2.18. The van der Waals surface area contributed by atoms with Crippen molar-refractivity contribution in [3.63, 3.8) is 0 Å². The molecule has 0 spiro atoms. The molecule has 1 unspecified atom stereocenters. The molecule has 1 atom stereocenters. The average molecular weight is 252 g/mol. The van der Waals surface area contributed by atoms with Crippen LogP contribution in [0, 0.1) is 5.92 Å². The third kappa shape index (κ3) is 3.80. The topological polar surface area (TPSA) is 15.3 Å². The van der Waals surface area contributed by atoms with Gasteiger partial charge in [0.25, 0.3) is 0 Å². The first-order valence-electron chi connectivity index (χ1n) is 6.69. The maximum atomic E-state index is 3.38. The second kappa shape index (κ2) is 5.98. The monoisotopic (exact) mass is 252 g/mol. The fourth-order valence-corrected chi connectivity index (χ4v) is 3.23. The van der Waals surface area contributed by atoms with Crippen LogP contribution in [0.4, 0.5) is 0 Å². The Hall–Kier alpha value is -0.380. The average Bonchev–Trinajstić information content (AvgIpc) is 3.08. The number of nitrogens with one attached hydrogen (secondary N) is 1. The lowest BCUT2D eigenvalue weighted by Gasteiger charge is -2.23. The second-order valence-electron chi connectivity index (χ2n) is 5.14. The van der Waals surface area contributed by atoms with Gasteiger partial charge in [-0.2, -0.15) is 0 Å². The summed E-state index contributed by atoms with van der Waals surface area (Å²) in [5.41, 5.74) is 0. The molecule has 1 aromatic rings. The Balaban J connectivity index is 1.82. The summed E-state index contributed by atoms with van der Waals surface area (Å²) in [6.07, 6.45) is 2.86. The molecule has 3 heteroatoms. The molecule has 0 radical (unpaired) electrons. The maximum Gasteiger partial charge on any atom is 0.0327 e. The highest BCUT2D eigenvalue weighted by Crippen LogP contribution is 2.35. The molecule has 1 heterocycles. The lowest BCUT2D eigenvalue weighted by Crippen LogP contribution is -2.29.